The van der Waals surface area contributed by atoms with Gasteiger partial charge in [0.2, 0.25) is 0 Å². The van der Waals surface area contributed by atoms with Crippen LogP contribution in [0.3, 0.4) is 0 Å². The van der Waals surface area contributed by atoms with E-state index in [1.54, 1.807) is 6.92 Å². The van der Waals surface area contributed by atoms with E-state index in [2.05, 4.69) is 15.3 Å². The highest BCUT2D eigenvalue weighted by Crippen LogP contribution is 2.26. The lowest BCUT2D eigenvalue weighted by Crippen LogP contribution is -2.32. The molecule has 3 rings (SSSR count). The van der Waals surface area contributed by atoms with Crippen molar-refractivity contribution in [2.45, 2.75) is 26.4 Å². The topological polar surface area (TPSA) is 90.4 Å². The molecule has 0 radical (unpaired) electrons. The van der Waals surface area contributed by atoms with Gasteiger partial charge in [-0.3, -0.25) is 15.1 Å². The van der Waals surface area contributed by atoms with E-state index in [-0.39, 0.29) is 0 Å². The van der Waals surface area contributed by atoms with Crippen LogP contribution in [0.4, 0.5) is 5.13 Å². The van der Waals surface area contributed by atoms with Gasteiger partial charge in [-0.05, 0) is 49.7 Å². The Morgan fingerprint density at radius 3 is 2.48 bits per heavy atom. The van der Waals surface area contributed by atoms with Crippen molar-refractivity contribution < 1.29 is 19.1 Å². The second-order valence-corrected chi connectivity index (χ2v) is 6.88. The molecule has 0 spiro atoms. The summed E-state index contributed by atoms with van der Waals surface area (Å²) in [5, 5.41) is 5.02. The predicted octanol–water partition coefficient (Wildman–Crippen LogP) is 4.18. The number of carbonyl (C=O) groups is 2. The first kappa shape index (κ1) is 20.5. The van der Waals surface area contributed by atoms with Gasteiger partial charge in [-0.25, -0.2) is 9.78 Å². The molecular weight excluding hydrogens is 390 g/mol. The third-order valence-corrected chi connectivity index (χ3v) is 4.78. The average molecular weight is 411 g/mol. The van der Waals surface area contributed by atoms with Crippen molar-refractivity contribution in [3.63, 3.8) is 0 Å². The molecule has 29 heavy (non-hydrogen) atoms. The standard InChI is InChI=1S/C21H21N3O4S/c1-3-18(28-20(26)15-9-11-22-12-10-15)19(25)24-21-23-17(13-29-21)14-5-7-16(8-6-14)27-4-2/h5-13,18H,3-4H2,1-2H3,(H,23,24,25). The smallest absolute Gasteiger partial charge is 0.339 e. The summed E-state index contributed by atoms with van der Waals surface area (Å²) in [5.74, 6) is -0.187. The fourth-order valence-corrected chi connectivity index (χ4v) is 3.27. The maximum atomic E-state index is 12.5. The molecule has 2 aromatic heterocycles. The minimum Gasteiger partial charge on any atom is -0.494 e. The number of amides is 1. The van der Waals surface area contributed by atoms with Crippen molar-refractivity contribution in [2.24, 2.45) is 0 Å². The lowest BCUT2D eigenvalue weighted by Gasteiger charge is -2.15. The molecule has 7 nitrogen and oxygen atoms in total. The Morgan fingerprint density at radius 2 is 1.83 bits per heavy atom. The van der Waals surface area contributed by atoms with Crippen LogP contribution in [-0.2, 0) is 9.53 Å². The fraction of sp³-hybridized carbons (Fsp3) is 0.238. The van der Waals surface area contributed by atoms with Gasteiger partial charge in [-0.15, -0.1) is 11.3 Å². The zero-order chi connectivity index (χ0) is 20.6. The number of nitrogens with zero attached hydrogens (tertiary/aromatic N) is 2. The number of hydrogen-bond acceptors (Lipinski definition) is 7. The third-order valence-electron chi connectivity index (χ3n) is 4.02. The number of hydrogen-bond donors (Lipinski definition) is 1. The Balaban J connectivity index is 1.63. The molecule has 3 aromatic rings. The molecule has 1 N–H and O–H groups in total. The van der Waals surface area contributed by atoms with Gasteiger partial charge in [-0.2, -0.15) is 0 Å². The van der Waals surface area contributed by atoms with E-state index in [0.29, 0.717) is 23.7 Å². The van der Waals surface area contributed by atoms with Crippen molar-refractivity contribution in [2.75, 3.05) is 11.9 Å². The van der Waals surface area contributed by atoms with E-state index < -0.39 is 18.0 Å². The predicted molar refractivity (Wildman–Crippen MR) is 111 cm³/mol. The molecule has 1 amide bonds. The number of benzene rings is 1. The quantitative estimate of drug-likeness (QED) is 0.559. The highest BCUT2D eigenvalue weighted by molar-refractivity contribution is 7.14. The number of carbonyl (C=O) groups excluding carboxylic acids is 2. The Morgan fingerprint density at radius 1 is 1.10 bits per heavy atom. The molecule has 0 aliphatic carbocycles. The molecule has 1 aromatic carbocycles. The zero-order valence-corrected chi connectivity index (χ0v) is 16.9. The van der Waals surface area contributed by atoms with E-state index in [4.69, 9.17) is 9.47 Å². The molecular formula is C21H21N3O4S. The summed E-state index contributed by atoms with van der Waals surface area (Å²) in [6.45, 7) is 4.31. The number of nitrogens with one attached hydrogen (secondary N) is 1. The molecule has 8 heteroatoms. The van der Waals surface area contributed by atoms with Gasteiger partial charge in [0.25, 0.3) is 5.91 Å². The fourth-order valence-electron chi connectivity index (χ4n) is 2.55. The van der Waals surface area contributed by atoms with E-state index in [9.17, 15) is 9.59 Å². The summed E-state index contributed by atoms with van der Waals surface area (Å²) >= 11 is 1.31. The molecule has 1 atom stereocenters. The van der Waals surface area contributed by atoms with Crippen LogP contribution in [0, 0.1) is 0 Å². The normalized spacial score (nSPS) is 11.5. The molecule has 2 heterocycles. The van der Waals surface area contributed by atoms with Crippen LogP contribution in [0.25, 0.3) is 11.3 Å². The minimum atomic E-state index is -0.909. The second-order valence-electron chi connectivity index (χ2n) is 6.02. The van der Waals surface area contributed by atoms with Crippen LogP contribution >= 0.6 is 11.3 Å². The number of anilines is 1. The van der Waals surface area contributed by atoms with Crippen molar-refractivity contribution in [1.82, 2.24) is 9.97 Å². The van der Waals surface area contributed by atoms with Gasteiger partial charge in [-0.1, -0.05) is 6.92 Å². The molecule has 0 saturated heterocycles. The van der Waals surface area contributed by atoms with Crippen molar-refractivity contribution in [3.8, 4) is 17.0 Å². The Labute approximate surface area is 172 Å². The molecule has 150 valence electrons. The van der Waals surface area contributed by atoms with Crippen molar-refractivity contribution in [1.29, 1.82) is 0 Å². The number of esters is 1. The zero-order valence-electron chi connectivity index (χ0n) is 16.1. The average Bonchev–Trinajstić information content (AvgIpc) is 3.21. The summed E-state index contributed by atoms with van der Waals surface area (Å²) in [6, 6.07) is 10.7. The van der Waals surface area contributed by atoms with E-state index in [0.717, 1.165) is 17.0 Å². The number of aromatic nitrogens is 2. The first-order chi connectivity index (χ1) is 14.1. The van der Waals surface area contributed by atoms with Crippen LogP contribution in [0.15, 0.2) is 54.2 Å². The first-order valence-electron chi connectivity index (χ1n) is 9.21. The Hall–Kier alpha value is -3.26. The van der Waals surface area contributed by atoms with Crippen LogP contribution in [0.2, 0.25) is 0 Å². The summed E-state index contributed by atoms with van der Waals surface area (Å²) in [4.78, 5) is 33.0. The summed E-state index contributed by atoms with van der Waals surface area (Å²) in [7, 11) is 0. The van der Waals surface area contributed by atoms with E-state index >= 15 is 0 Å². The third kappa shape index (κ3) is 5.39. The van der Waals surface area contributed by atoms with Crippen LogP contribution in [0.1, 0.15) is 30.6 Å². The van der Waals surface area contributed by atoms with Gasteiger partial charge in [0.15, 0.2) is 11.2 Å². The van der Waals surface area contributed by atoms with Gasteiger partial charge < -0.3 is 9.47 Å². The van der Waals surface area contributed by atoms with Gasteiger partial charge in [0.1, 0.15) is 5.75 Å². The number of ether oxygens (including phenoxy) is 2. The second kappa shape index (κ2) is 9.79. The van der Waals surface area contributed by atoms with Crippen molar-refractivity contribution in [3.05, 3.63) is 59.7 Å². The van der Waals surface area contributed by atoms with Crippen LogP contribution < -0.4 is 10.1 Å². The van der Waals surface area contributed by atoms with Gasteiger partial charge >= 0.3 is 5.97 Å². The highest BCUT2D eigenvalue weighted by atomic mass is 32.1. The molecule has 1 unspecified atom stereocenters. The summed E-state index contributed by atoms with van der Waals surface area (Å²) in [5.41, 5.74) is 2.01. The minimum absolute atomic E-state index is 0.346. The number of rotatable bonds is 8. The van der Waals surface area contributed by atoms with E-state index in [1.807, 2.05) is 36.6 Å². The highest BCUT2D eigenvalue weighted by Gasteiger charge is 2.23. The van der Waals surface area contributed by atoms with Gasteiger partial charge in [0.05, 0.1) is 17.9 Å². The van der Waals surface area contributed by atoms with Crippen LogP contribution in [0.5, 0.6) is 5.75 Å². The summed E-state index contributed by atoms with van der Waals surface area (Å²) in [6.07, 6.45) is 2.43. The van der Waals surface area contributed by atoms with Crippen molar-refractivity contribution >= 4 is 28.3 Å². The summed E-state index contributed by atoms with van der Waals surface area (Å²) < 4.78 is 10.8. The molecule has 0 fully saturated rings. The van der Waals surface area contributed by atoms with Crippen LogP contribution in [-0.4, -0.2) is 34.6 Å². The first-order valence-corrected chi connectivity index (χ1v) is 10.1. The molecule has 0 bridgehead atoms. The maximum absolute atomic E-state index is 12.5. The largest absolute Gasteiger partial charge is 0.494 e. The lowest BCUT2D eigenvalue weighted by atomic mass is 10.2. The Bertz CT molecular complexity index is 958. The maximum Gasteiger partial charge on any atom is 0.339 e. The number of pyridine rings is 1. The van der Waals surface area contributed by atoms with Gasteiger partial charge in [0, 0.05) is 23.3 Å². The number of thiazole rings is 1. The molecule has 0 aliphatic rings. The molecule has 0 aliphatic heterocycles. The lowest BCUT2D eigenvalue weighted by molar-refractivity contribution is -0.124. The van der Waals surface area contributed by atoms with E-state index in [1.165, 1.54) is 35.9 Å². The monoisotopic (exact) mass is 411 g/mol. The molecule has 0 saturated carbocycles. The SMILES string of the molecule is CCOc1ccc(-c2csc(NC(=O)C(CC)OC(=O)c3ccncc3)n2)cc1. The Kier molecular flexibility index (Phi) is 6.91.